The highest BCUT2D eigenvalue weighted by molar-refractivity contribution is 6.00. The van der Waals surface area contributed by atoms with E-state index in [1.165, 1.54) is 12.1 Å². The largest absolute Gasteiger partial charge is 0.368 e. The number of rotatable bonds is 8. The first-order valence-corrected chi connectivity index (χ1v) is 15.8. The van der Waals surface area contributed by atoms with E-state index in [1.54, 1.807) is 30.6 Å². The highest BCUT2D eigenvalue weighted by Gasteiger charge is 2.44. The summed E-state index contributed by atoms with van der Waals surface area (Å²) in [5.41, 5.74) is 10.3. The van der Waals surface area contributed by atoms with E-state index in [0.717, 1.165) is 40.8 Å². The summed E-state index contributed by atoms with van der Waals surface area (Å²) >= 11 is 0. The number of likely N-dealkylation sites (tertiary alicyclic amines) is 1. The van der Waals surface area contributed by atoms with Gasteiger partial charge >= 0.3 is 0 Å². The second-order valence-electron chi connectivity index (χ2n) is 12.2. The van der Waals surface area contributed by atoms with Gasteiger partial charge in [-0.05, 0) is 85.8 Å². The Bertz CT molecular complexity index is 1870. The van der Waals surface area contributed by atoms with E-state index in [4.69, 9.17) is 5.73 Å². The van der Waals surface area contributed by atoms with Gasteiger partial charge in [0.2, 0.25) is 11.8 Å². The third kappa shape index (κ3) is 6.29. The molecular formula is C35H36FN9O2. The van der Waals surface area contributed by atoms with Crippen LogP contribution in [0.15, 0.2) is 85.2 Å². The molecule has 12 heteroatoms. The first-order valence-electron chi connectivity index (χ1n) is 15.8. The van der Waals surface area contributed by atoms with Crippen molar-refractivity contribution < 1.29 is 14.0 Å². The number of benzene rings is 3. The quantitative estimate of drug-likeness (QED) is 0.235. The molecule has 240 valence electrons. The van der Waals surface area contributed by atoms with Crippen LogP contribution in [-0.4, -0.2) is 94.1 Å². The lowest BCUT2D eigenvalue weighted by atomic mass is 9.86. The lowest BCUT2D eigenvalue weighted by Gasteiger charge is -2.37. The van der Waals surface area contributed by atoms with Crippen LogP contribution in [0.4, 0.5) is 15.8 Å². The van der Waals surface area contributed by atoms with Crippen molar-refractivity contribution in [3.8, 4) is 22.6 Å². The van der Waals surface area contributed by atoms with Crippen molar-refractivity contribution in [2.75, 3.05) is 62.6 Å². The summed E-state index contributed by atoms with van der Waals surface area (Å²) in [6, 6.07) is 21.7. The Hall–Kier alpha value is -5.20. The van der Waals surface area contributed by atoms with Gasteiger partial charge in [0.25, 0.3) is 0 Å². The van der Waals surface area contributed by atoms with Gasteiger partial charge in [0.05, 0.1) is 23.2 Å². The van der Waals surface area contributed by atoms with E-state index in [9.17, 15) is 14.0 Å². The molecule has 0 spiro atoms. The average Bonchev–Trinajstić information content (AvgIpc) is 3.74. The number of nitrogens with one attached hydrogen (secondary N) is 2. The van der Waals surface area contributed by atoms with Crippen LogP contribution in [0.5, 0.6) is 0 Å². The summed E-state index contributed by atoms with van der Waals surface area (Å²) in [4.78, 5) is 41.8. The molecule has 0 bridgehead atoms. The predicted molar refractivity (Wildman–Crippen MR) is 179 cm³/mol. The van der Waals surface area contributed by atoms with Crippen LogP contribution >= 0.6 is 0 Å². The lowest BCUT2D eigenvalue weighted by molar-refractivity contribution is -0.133. The molecule has 5 aromatic rings. The molecule has 1 atom stereocenters. The van der Waals surface area contributed by atoms with E-state index in [-0.39, 0.29) is 30.7 Å². The molecule has 4 heterocycles. The molecule has 47 heavy (non-hydrogen) atoms. The second kappa shape index (κ2) is 12.9. The number of H-pyrrole nitrogens is 1. The Balaban J connectivity index is 0.939. The number of carbonyl (C=O) groups is 2. The van der Waals surface area contributed by atoms with Crippen LogP contribution in [0.1, 0.15) is 6.42 Å². The number of piperazine rings is 1. The molecule has 7 rings (SSSR count). The summed E-state index contributed by atoms with van der Waals surface area (Å²) in [7, 11) is 0. The zero-order valence-corrected chi connectivity index (χ0v) is 25.9. The first kappa shape index (κ1) is 30.5. The summed E-state index contributed by atoms with van der Waals surface area (Å²) in [5.74, 6) is 0.272. The Morgan fingerprint density at radius 1 is 0.915 bits per heavy atom. The minimum atomic E-state index is -0.804. The van der Waals surface area contributed by atoms with Crippen molar-refractivity contribution in [2.24, 2.45) is 11.1 Å². The summed E-state index contributed by atoms with van der Waals surface area (Å²) in [5, 5.41) is 11.3. The Morgan fingerprint density at radius 2 is 1.64 bits per heavy atom. The molecule has 2 aliphatic heterocycles. The number of nitrogens with zero attached hydrogens (tertiary/aromatic N) is 6. The molecule has 2 aromatic heterocycles. The maximum atomic E-state index is 13.6. The molecule has 3 aromatic carbocycles. The van der Waals surface area contributed by atoms with Crippen LogP contribution < -0.4 is 16.0 Å². The van der Waals surface area contributed by atoms with Crippen molar-refractivity contribution in [1.82, 2.24) is 30.0 Å². The van der Waals surface area contributed by atoms with Gasteiger partial charge in [-0.25, -0.2) is 14.4 Å². The predicted octanol–water partition coefficient (Wildman–Crippen LogP) is 3.76. The highest BCUT2D eigenvalue weighted by atomic mass is 19.1. The molecule has 2 fully saturated rings. The number of halogens is 1. The van der Waals surface area contributed by atoms with Gasteiger partial charge in [-0.15, -0.1) is 0 Å². The number of nitrogens with two attached hydrogens (primary N) is 1. The monoisotopic (exact) mass is 633 g/mol. The van der Waals surface area contributed by atoms with E-state index < -0.39 is 5.41 Å². The standard InChI is InChI=1S/C35H36FN9O2/c36-26-6-2-24(3-7-26)32-29-20-27(8-11-30(29)41-42-32)40-34(47)35(22-37)12-15-43(23-35)21-31(46)45-18-16-44(17-19-45)28-9-4-25(5-10-28)33-38-13-1-14-39-33/h1-11,13-14,20H,12,15-19,21-23,37H2,(H,40,47)(H,41,42). The molecule has 0 aliphatic carbocycles. The maximum absolute atomic E-state index is 13.6. The third-order valence-corrected chi connectivity index (χ3v) is 9.29. The average molecular weight is 634 g/mol. The van der Waals surface area contributed by atoms with Gasteiger partial charge in [0.1, 0.15) is 5.82 Å². The minimum absolute atomic E-state index is 0.0631. The first-order chi connectivity index (χ1) is 22.9. The van der Waals surface area contributed by atoms with Gasteiger partial charge in [0.15, 0.2) is 5.82 Å². The Labute approximate surface area is 271 Å². The van der Waals surface area contributed by atoms with Crippen LogP contribution in [-0.2, 0) is 9.59 Å². The zero-order valence-electron chi connectivity index (χ0n) is 25.9. The highest BCUT2D eigenvalue weighted by Crippen LogP contribution is 2.33. The number of hydrogen-bond acceptors (Lipinski definition) is 8. The van der Waals surface area contributed by atoms with Crippen molar-refractivity contribution >= 4 is 34.1 Å². The van der Waals surface area contributed by atoms with Gasteiger partial charge in [-0.3, -0.25) is 19.6 Å². The van der Waals surface area contributed by atoms with E-state index in [1.807, 2.05) is 40.1 Å². The van der Waals surface area contributed by atoms with Crippen molar-refractivity contribution in [3.63, 3.8) is 0 Å². The molecule has 2 aliphatic rings. The van der Waals surface area contributed by atoms with Crippen molar-refractivity contribution in [3.05, 3.63) is 91.0 Å². The lowest BCUT2D eigenvalue weighted by Crippen LogP contribution is -2.51. The van der Waals surface area contributed by atoms with Crippen molar-refractivity contribution in [2.45, 2.75) is 6.42 Å². The van der Waals surface area contributed by atoms with Crippen LogP contribution in [0.25, 0.3) is 33.5 Å². The second-order valence-corrected chi connectivity index (χ2v) is 12.2. The van der Waals surface area contributed by atoms with Gasteiger partial charge in [-0.1, -0.05) is 0 Å². The molecule has 1 unspecified atom stereocenters. The fourth-order valence-corrected chi connectivity index (χ4v) is 6.50. The fraction of sp³-hybridized carbons (Fsp3) is 0.286. The molecular weight excluding hydrogens is 597 g/mol. The molecule has 2 saturated heterocycles. The van der Waals surface area contributed by atoms with E-state index in [0.29, 0.717) is 49.8 Å². The molecule has 4 N–H and O–H groups in total. The van der Waals surface area contributed by atoms with E-state index >= 15 is 0 Å². The molecule has 11 nitrogen and oxygen atoms in total. The summed E-state index contributed by atoms with van der Waals surface area (Å²) in [6.45, 7) is 4.20. The minimum Gasteiger partial charge on any atom is -0.368 e. The normalized spacial score (nSPS) is 18.5. The Morgan fingerprint density at radius 3 is 2.36 bits per heavy atom. The van der Waals surface area contributed by atoms with Crippen LogP contribution in [0.3, 0.4) is 0 Å². The molecule has 0 saturated carbocycles. The number of anilines is 2. The number of aromatic nitrogens is 4. The smallest absolute Gasteiger partial charge is 0.236 e. The van der Waals surface area contributed by atoms with Gasteiger partial charge in [-0.2, -0.15) is 5.10 Å². The van der Waals surface area contributed by atoms with Crippen molar-refractivity contribution in [1.29, 1.82) is 0 Å². The Kier molecular flexibility index (Phi) is 8.35. The number of aromatic amines is 1. The van der Waals surface area contributed by atoms with Crippen LogP contribution in [0, 0.1) is 11.2 Å². The molecule has 2 amide bonds. The number of fused-ring (bicyclic) bond motifs is 1. The number of carbonyl (C=O) groups excluding carboxylic acids is 2. The van der Waals surface area contributed by atoms with Gasteiger partial charge in [0, 0.05) is 79.6 Å². The topological polar surface area (TPSA) is 136 Å². The SMILES string of the molecule is NCC1(C(=O)Nc2ccc3[nH]nc(-c4ccc(F)cc4)c3c2)CCN(CC(=O)N2CCN(c3ccc(-c4ncccn4)cc3)CC2)C1. The number of amides is 2. The maximum Gasteiger partial charge on any atom is 0.236 e. The number of hydrogen-bond donors (Lipinski definition) is 3. The molecule has 0 radical (unpaired) electrons. The zero-order chi connectivity index (χ0) is 32.4. The third-order valence-electron chi connectivity index (χ3n) is 9.29. The fourth-order valence-electron chi connectivity index (χ4n) is 6.50. The summed E-state index contributed by atoms with van der Waals surface area (Å²) in [6.07, 6.45) is 4.03. The van der Waals surface area contributed by atoms with E-state index in [2.05, 4.69) is 42.5 Å². The van der Waals surface area contributed by atoms with Gasteiger partial charge < -0.3 is 20.9 Å². The summed E-state index contributed by atoms with van der Waals surface area (Å²) < 4.78 is 13.5. The van der Waals surface area contributed by atoms with Crippen LogP contribution in [0.2, 0.25) is 0 Å².